The largest absolute Gasteiger partial charge is 0.445 e. The van der Waals surface area contributed by atoms with Crippen molar-refractivity contribution in [3.05, 3.63) is 114 Å². The molecule has 1 fully saturated rings. The monoisotopic (exact) mass is 465 g/mol. The number of esters is 1. The minimum Gasteiger partial charge on any atom is -0.445 e. The van der Waals surface area contributed by atoms with Gasteiger partial charge < -0.3 is 4.74 Å². The highest BCUT2D eigenvalue weighted by Gasteiger charge is 2.47. The molecule has 2 amide bonds. The van der Waals surface area contributed by atoms with Crippen molar-refractivity contribution in [1.82, 2.24) is 0 Å². The molecule has 0 unspecified atom stereocenters. The molecule has 3 aromatic rings. The van der Waals surface area contributed by atoms with Gasteiger partial charge in [-0.1, -0.05) is 78.9 Å². The van der Waals surface area contributed by atoms with Gasteiger partial charge >= 0.3 is 5.97 Å². The van der Waals surface area contributed by atoms with E-state index in [4.69, 9.17) is 4.74 Å². The lowest BCUT2D eigenvalue weighted by Crippen LogP contribution is -2.31. The van der Waals surface area contributed by atoms with Crippen LogP contribution in [0.3, 0.4) is 0 Å². The number of anilines is 1. The lowest BCUT2D eigenvalue weighted by molar-refractivity contribution is -0.122. The Morgan fingerprint density at radius 2 is 1.31 bits per heavy atom. The molecule has 0 spiro atoms. The topological polar surface area (TPSA) is 80.8 Å². The normalized spacial score (nSPS) is 19.8. The molecule has 2 aliphatic rings. The molecule has 3 aromatic carbocycles. The number of Topliss-reactive ketones (excluding diaryl/α,β-unsaturated/α-hetero) is 1. The third-order valence-electron chi connectivity index (χ3n) is 6.47. The molecule has 1 heterocycles. The summed E-state index contributed by atoms with van der Waals surface area (Å²) in [6, 6.07) is 23.7. The first-order valence-corrected chi connectivity index (χ1v) is 11.5. The molecule has 6 heteroatoms. The van der Waals surface area contributed by atoms with Gasteiger partial charge in [-0.3, -0.25) is 19.3 Å². The van der Waals surface area contributed by atoms with Gasteiger partial charge in [-0.05, 0) is 31.0 Å². The Hall–Kier alpha value is -4.32. The van der Waals surface area contributed by atoms with Gasteiger partial charge in [0.25, 0.3) is 0 Å². The zero-order chi connectivity index (χ0) is 24.4. The fraction of sp³-hybridized carbons (Fsp3) is 0.172. The first kappa shape index (κ1) is 22.5. The second-order valence-corrected chi connectivity index (χ2v) is 8.64. The Balaban J connectivity index is 1.42. The second-order valence-electron chi connectivity index (χ2n) is 8.64. The number of ether oxygens (including phenoxy) is 1. The van der Waals surface area contributed by atoms with E-state index in [1.54, 1.807) is 72.8 Å². The number of hydrogen-bond acceptors (Lipinski definition) is 5. The highest BCUT2D eigenvalue weighted by atomic mass is 16.5. The molecule has 0 saturated carbocycles. The van der Waals surface area contributed by atoms with E-state index in [9.17, 15) is 19.2 Å². The first-order valence-electron chi connectivity index (χ1n) is 11.5. The first-order chi connectivity index (χ1) is 17.0. The minimum atomic E-state index is -1.14. The average Bonchev–Trinajstić information content (AvgIpc) is 3.17. The number of hydrogen-bond donors (Lipinski definition) is 0. The molecule has 0 N–H and O–H groups in total. The van der Waals surface area contributed by atoms with E-state index in [-0.39, 0.29) is 35.0 Å². The zero-order valence-electron chi connectivity index (χ0n) is 18.9. The molecule has 0 bridgehead atoms. The van der Waals surface area contributed by atoms with Crippen LogP contribution in [-0.2, 0) is 14.3 Å². The van der Waals surface area contributed by atoms with Crippen LogP contribution in [0.25, 0.3) is 0 Å². The summed E-state index contributed by atoms with van der Waals surface area (Å²) >= 11 is 0. The van der Waals surface area contributed by atoms with Crippen molar-refractivity contribution in [1.29, 1.82) is 0 Å². The van der Waals surface area contributed by atoms with Crippen molar-refractivity contribution in [2.24, 2.45) is 11.8 Å². The molecule has 6 nitrogen and oxygen atoms in total. The highest BCUT2D eigenvalue weighted by Crippen LogP contribution is 2.38. The summed E-state index contributed by atoms with van der Waals surface area (Å²) in [7, 11) is 0. The van der Waals surface area contributed by atoms with E-state index in [1.165, 1.54) is 11.0 Å². The minimum absolute atomic E-state index is 0.151. The molecule has 1 saturated heterocycles. The molecule has 3 atom stereocenters. The molecule has 0 radical (unpaired) electrons. The van der Waals surface area contributed by atoms with Gasteiger partial charge in [0.2, 0.25) is 17.6 Å². The molecular formula is C29H23NO5. The summed E-state index contributed by atoms with van der Waals surface area (Å²) in [5.41, 5.74) is 1.45. The molecule has 0 aromatic heterocycles. The molecule has 35 heavy (non-hydrogen) atoms. The summed E-state index contributed by atoms with van der Waals surface area (Å²) in [6.45, 7) is 0. The zero-order valence-corrected chi connectivity index (χ0v) is 18.9. The number of carbonyl (C=O) groups excluding carboxylic acids is 4. The number of benzene rings is 3. The predicted molar refractivity (Wildman–Crippen MR) is 130 cm³/mol. The Labute approximate surface area is 202 Å². The number of ketones is 1. The Morgan fingerprint density at radius 1 is 0.743 bits per heavy atom. The van der Waals surface area contributed by atoms with Crippen LogP contribution in [0.4, 0.5) is 5.69 Å². The van der Waals surface area contributed by atoms with Crippen molar-refractivity contribution in [3.63, 3.8) is 0 Å². The van der Waals surface area contributed by atoms with Crippen molar-refractivity contribution in [3.8, 4) is 0 Å². The van der Waals surface area contributed by atoms with Crippen LogP contribution < -0.4 is 4.90 Å². The maximum atomic E-state index is 13.2. The fourth-order valence-electron chi connectivity index (χ4n) is 4.66. The molecular weight excluding hydrogens is 442 g/mol. The van der Waals surface area contributed by atoms with Crippen molar-refractivity contribution in [2.45, 2.75) is 18.9 Å². The van der Waals surface area contributed by atoms with Gasteiger partial charge in [-0.2, -0.15) is 0 Å². The van der Waals surface area contributed by atoms with E-state index >= 15 is 0 Å². The second kappa shape index (κ2) is 9.50. The predicted octanol–water partition coefficient (Wildman–Crippen LogP) is 4.92. The van der Waals surface area contributed by atoms with Crippen molar-refractivity contribution < 1.29 is 23.9 Å². The Kier molecular flexibility index (Phi) is 6.10. The van der Waals surface area contributed by atoms with Crippen LogP contribution in [0.5, 0.6) is 0 Å². The standard InChI is InChI=1S/C29H23NO5/c31-25(19-10-3-1-4-11-19)26(20-12-5-2-6-13-20)35-29(34)21-14-9-15-22(18-21)30-27(32)23-16-7-8-17-24(23)28(30)33/h1-15,18,23-24,26H,16-17H2/t23-,24-,26+/m1/s1. The van der Waals surface area contributed by atoms with Crippen LogP contribution in [0.2, 0.25) is 0 Å². The van der Waals surface area contributed by atoms with E-state index in [2.05, 4.69) is 0 Å². The van der Waals surface area contributed by atoms with Crippen LogP contribution in [0.1, 0.15) is 45.2 Å². The smallest absolute Gasteiger partial charge is 0.339 e. The van der Waals surface area contributed by atoms with Gasteiger partial charge in [-0.25, -0.2) is 4.79 Å². The number of fused-ring (bicyclic) bond motifs is 1. The van der Waals surface area contributed by atoms with Crippen LogP contribution in [0.15, 0.2) is 97.1 Å². The Morgan fingerprint density at radius 3 is 1.94 bits per heavy atom. The number of nitrogens with zero attached hydrogens (tertiary/aromatic N) is 1. The summed E-state index contributed by atoms with van der Waals surface area (Å²) in [5, 5.41) is 0. The van der Waals surface area contributed by atoms with Gasteiger partial charge in [0.15, 0.2) is 6.10 Å². The summed E-state index contributed by atoms with van der Waals surface area (Å²) in [6.07, 6.45) is 3.79. The molecule has 174 valence electrons. The lowest BCUT2D eigenvalue weighted by Gasteiger charge is -2.19. The lowest BCUT2D eigenvalue weighted by atomic mass is 9.85. The number of rotatable bonds is 6. The SMILES string of the molecule is O=C(O[C@H](C(=O)c1ccccc1)c1ccccc1)c1cccc(N2C(=O)[C@@H]3CC=CC[C@H]3C2=O)c1. The maximum Gasteiger partial charge on any atom is 0.339 e. The number of carbonyl (C=O) groups is 4. The number of imide groups is 1. The van der Waals surface area contributed by atoms with Gasteiger partial charge in [-0.15, -0.1) is 0 Å². The molecule has 1 aliphatic heterocycles. The van der Waals surface area contributed by atoms with Gasteiger partial charge in [0.1, 0.15) is 0 Å². The quantitative estimate of drug-likeness (QED) is 0.223. The third kappa shape index (κ3) is 4.30. The van der Waals surface area contributed by atoms with E-state index in [1.807, 2.05) is 18.2 Å². The third-order valence-corrected chi connectivity index (χ3v) is 6.47. The van der Waals surface area contributed by atoms with Crippen LogP contribution >= 0.6 is 0 Å². The van der Waals surface area contributed by atoms with Crippen molar-refractivity contribution >= 4 is 29.3 Å². The summed E-state index contributed by atoms with van der Waals surface area (Å²) < 4.78 is 5.72. The summed E-state index contributed by atoms with van der Waals surface area (Å²) in [4.78, 5) is 53.5. The average molecular weight is 466 g/mol. The fourth-order valence-corrected chi connectivity index (χ4v) is 4.66. The number of amides is 2. The molecule has 5 rings (SSSR count). The Bertz CT molecular complexity index is 1290. The van der Waals surface area contributed by atoms with Crippen LogP contribution in [-0.4, -0.2) is 23.6 Å². The van der Waals surface area contributed by atoms with Gasteiger partial charge in [0, 0.05) is 11.1 Å². The maximum absolute atomic E-state index is 13.2. The van der Waals surface area contributed by atoms with Crippen molar-refractivity contribution in [2.75, 3.05) is 4.90 Å². The number of allylic oxidation sites excluding steroid dienone is 2. The van der Waals surface area contributed by atoms with E-state index in [0.29, 0.717) is 29.7 Å². The van der Waals surface area contributed by atoms with Gasteiger partial charge in [0.05, 0.1) is 23.1 Å². The van der Waals surface area contributed by atoms with E-state index in [0.717, 1.165) is 0 Å². The molecule has 1 aliphatic carbocycles. The summed E-state index contributed by atoms with van der Waals surface area (Å²) in [5.74, 6) is -2.30. The van der Waals surface area contributed by atoms with E-state index < -0.39 is 12.1 Å². The van der Waals surface area contributed by atoms with Crippen LogP contribution in [0, 0.1) is 11.8 Å². The highest BCUT2D eigenvalue weighted by molar-refractivity contribution is 6.22.